The molecule has 148 valence electrons. The van der Waals surface area contributed by atoms with Crippen molar-refractivity contribution < 1.29 is 13.9 Å². The van der Waals surface area contributed by atoms with E-state index < -0.39 is 0 Å². The fraction of sp³-hybridized carbons (Fsp3) is 0.600. The summed E-state index contributed by atoms with van der Waals surface area (Å²) in [7, 11) is 0. The molecule has 3 rings (SSSR count). The van der Waals surface area contributed by atoms with E-state index in [9.17, 15) is 9.18 Å². The zero-order valence-electron chi connectivity index (χ0n) is 16.2. The van der Waals surface area contributed by atoms with Crippen LogP contribution in [0.3, 0.4) is 0 Å². The van der Waals surface area contributed by atoms with Crippen molar-refractivity contribution in [3.8, 4) is 0 Å². The van der Waals surface area contributed by atoms with Gasteiger partial charge < -0.3 is 19.9 Å². The second-order valence-corrected chi connectivity index (χ2v) is 7.07. The Balaban J connectivity index is 1.58. The normalized spacial score (nSPS) is 20.9. The maximum absolute atomic E-state index is 13.4. The minimum absolute atomic E-state index is 0.121. The van der Waals surface area contributed by atoms with Gasteiger partial charge in [0.05, 0.1) is 6.54 Å². The number of rotatable bonds is 4. The summed E-state index contributed by atoms with van der Waals surface area (Å²) in [5.41, 5.74) is 1.62. The van der Waals surface area contributed by atoms with Crippen LogP contribution in [0.5, 0.6) is 0 Å². The van der Waals surface area contributed by atoms with E-state index in [2.05, 4.69) is 10.2 Å². The van der Waals surface area contributed by atoms with Gasteiger partial charge in [-0.05, 0) is 43.9 Å². The van der Waals surface area contributed by atoms with E-state index in [1.54, 1.807) is 13.0 Å². The molecule has 0 saturated carbocycles. The van der Waals surface area contributed by atoms with Crippen LogP contribution < -0.4 is 5.32 Å². The lowest BCUT2D eigenvalue weighted by Gasteiger charge is -2.37. The Bertz CT molecular complexity index is 681. The molecule has 2 fully saturated rings. The Morgan fingerprint density at radius 3 is 2.67 bits per heavy atom. The van der Waals surface area contributed by atoms with Crippen LogP contribution in [0.25, 0.3) is 0 Å². The summed E-state index contributed by atoms with van der Waals surface area (Å²) in [6, 6.07) is 5.09. The number of nitrogens with zero attached hydrogens (tertiary/aromatic N) is 3. The Morgan fingerprint density at radius 1 is 1.30 bits per heavy atom. The summed E-state index contributed by atoms with van der Waals surface area (Å²) in [6.07, 6.45) is 1.55. The van der Waals surface area contributed by atoms with Gasteiger partial charge in [0.25, 0.3) is 5.91 Å². The third kappa shape index (κ3) is 4.97. The molecule has 1 atom stereocenters. The van der Waals surface area contributed by atoms with E-state index in [1.807, 2.05) is 17.9 Å². The number of hydrogen-bond donors (Lipinski definition) is 1. The van der Waals surface area contributed by atoms with Crippen molar-refractivity contribution in [3.05, 3.63) is 35.1 Å². The first-order valence-electron chi connectivity index (χ1n) is 9.77. The van der Waals surface area contributed by atoms with Crippen LogP contribution in [-0.2, 0) is 16.1 Å². The predicted octanol–water partition coefficient (Wildman–Crippen LogP) is 1.92. The molecular weight excluding hydrogens is 347 g/mol. The van der Waals surface area contributed by atoms with E-state index in [0.717, 1.165) is 44.0 Å². The Hall–Kier alpha value is -2.15. The topological polar surface area (TPSA) is 57.2 Å². The highest BCUT2D eigenvalue weighted by atomic mass is 19.1. The summed E-state index contributed by atoms with van der Waals surface area (Å²) in [6.45, 7) is 8.61. The average molecular weight is 376 g/mol. The predicted molar refractivity (Wildman–Crippen MR) is 103 cm³/mol. The number of amides is 1. The number of carbonyl (C=O) groups excluding carboxylic acids is 1. The highest BCUT2D eigenvalue weighted by molar-refractivity contribution is 5.82. The van der Waals surface area contributed by atoms with Crippen LogP contribution in [0.4, 0.5) is 4.39 Å². The molecule has 0 radical (unpaired) electrons. The highest BCUT2D eigenvalue weighted by Gasteiger charge is 2.30. The third-order valence-electron chi connectivity index (χ3n) is 5.06. The summed E-state index contributed by atoms with van der Waals surface area (Å²) in [5, 5.41) is 3.32. The molecule has 0 aliphatic carbocycles. The minimum atomic E-state index is -0.250. The maximum atomic E-state index is 13.4. The quantitative estimate of drug-likeness (QED) is 0.644. The molecular formula is C20H29FN4O2. The number of halogens is 1. The summed E-state index contributed by atoms with van der Waals surface area (Å²) < 4.78 is 18.9. The van der Waals surface area contributed by atoms with Gasteiger partial charge in [-0.15, -0.1) is 0 Å². The van der Waals surface area contributed by atoms with E-state index in [4.69, 9.17) is 9.73 Å². The molecule has 0 bridgehead atoms. The molecule has 7 heteroatoms. The number of nitrogens with one attached hydrogen (secondary N) is 1. The van der Waals surface area contributed by atoms with Gasteiger partial charge in [0.1, 0.15) is 11.9 Å². The number of ether oxygens (including phenoxy) is 1. The molecule has 6 nitrogen and oxygen atoms in total. The lowest BCUT2D eigenvalue weighted by molar-refractivity contribution is -0.142. The average Bonchev–Trinajstić information content (AvgIpc) is 3.22. The van der Waals surface area contributed by atoms with Gasteiger partial charge in [0.15, 0.2) is 5.96 Å². The smallest absolute Gasteiger partial charge is 0.251 e. The molecule has 0 aromatic heterocycles. The fourth-order valence-corrected chi connectivity index (χ4v) is 3.51. The summed E-state index contributed by atoms with van der Waals surface area (Å²) >= 11 is 0. The molecule has 1 aromatic rings. The first kappa shape index (κ1) is 19.6. The van der Waals surface area contributed by atoms with E-state index in [0.29, 0.717) is 31.8 Å². The van der Waals surface area contributed by atoms with Crippen LogP contribution in [0.1, 0.15) is 30.9 Å². The summed E-state index contributed by atoms with van der Waals surface area (Å²) in [4.78, 5) is 21.3. The Morgan fingerprint density at radius 2 is 2.04 bits per heavy atom. The van der Waals surface area contributed by atoms with E-state index in [-0.39, 0.29) is 17.8 Å². The van der Waals surface area contributed by atoms with Crippen molar-refractivity contribution >= 4 is 11.9 Å². The van der Waals surface area contributed by atoms with Crippen LogP contribution in [0, 0.1) is 12.7 Å². The van der Waals surface area contributed by atoms with Gasteiger partial charge >= 0.3 is 0 Å². The second-order valence-electron chi connectivity index (χ2n) is 7.07. The molecule has 2 saturated heterocycles. The number of carbonyl (C=O) groups is 1. The molecule has 1 aromatic carbocycles. The SMILES string of the molecule is CCNC(=NCc1ccc(F)c(C)c1)N1CCN(C(=O)C2CCCO2)CC1. The van der Waals surface area contributed by atoms with Crippen molar-refractivity contribution in [2.45, 2.75) is 39.3 Å². The largest absolute Gasteiger partial charge is 0.368 e. The molecule has 2 aliphatic rings. The van der Waals surface area contributed by atoms with Crippen LogP contribution in [0.15, 0.2) is 23.2 Å². The monoisotopic (exact) mass is 376 g/mol. The number of guanidine groups is 1. The third-order valence-corrected chi connectivity index (χ3v) is 5.06. The highest BCUT2D eigenvalue weighted by Crippen LogP contribution is 2.16. The summed E-state index contributed by atoms with van der Waals surface area (Å²) in [5.74, 6) is 0.765. The lowest BCUT2D eigenvalue weighted by Crippen LogP contribution is -2.55. The van der Waals surface area contributed by atoms with Crippen molar-refractivity contribution in [1.82, 2.24) is 15.1 Å². The van der Waals surface area contributed by atoms with Gasteiger partial charge in [0.2, 0.25) is 0 Å². The van der Waals surface area contributed by atoms with Crippen molar-refractivity contribution in [2.75, 3.05) is 39.3 Å². The van der Waals surface area contributed by atoms with E-state index in [1.165, 1.54) is 6.07 Å². The van der Waals surface area contributed by atoms with Gasteiger partial charge in [-0.1, -0.05) is 12.1 Å². The molecule has 1 N–H and O–H groups in total. The van der Waals surface area contributed by atoms with Gasteiger partial charge in [-0.2, -0.15) is 0 Å². The van der Waals surface area contributed by atoms with Gasteiger partial charge in [-0.25, -0.2) is 9.38 Å². The minimum Gasteiger partial charge on any atom is -0.368 e. The molecule has 2 heterocycles. The maximum Gasteiger partial charge on any atom is 0.251 e. The zero-order valence-corrected chi connectivity index (χ0v) is 16.2. The van der Waals surface area contributed by atoms with E-state index >= 15 is 0 Å². The molecule has 27 heavy (non-hydrogen) atoms. The Kier molecular flexibility index (Phi) is 6.66. The van der Waals surface area contributed by atoms with Gasteiger partial charge in [-0.3, -0.25) is 4.79 Å². The molecule has 1 unspecified atom stereocenters. The second kappa shape index (κ2) is 9.17. The Labute approximate surface area is 160 Å². The lowest BCUT2D eigenvalue weighted by atomic mass is 10.1. The standard InChI is InChI=1S/C20H29FN4O2/c1-3-22-20(23-14-16-6-7-17(21)15(2)13-16)25-10-8-24(9-11-25)19(26)18-5-4-12-27-18/h6-7,13,18H,3-5,8-12,14H2,1-2H3,(H,22,23). The molecule has 0 spiro atoms. The van der Waals surface area contributed by atoms with Crippen LogP contribution >= 0.6 is 0 Å². The molecule has 2 aliphatic heterocycles. The number of benzene rings is 1. The first-order chi connectivity index (χ1) is 13.1. The van der Waals surface area contributed by atoms with Crippen molar-refractivity contribution in [1.29, 1.82) is 0 Å². The number of aliphatic imine (C=N–C) groups is 1. The van der Waals surface area contributed by atoms with Crippen LogP contribution in [0.2, 0.25) is 0 Å². The number of hydrogen-bond acceptors (Lipinski definition) is 3. The van der Waals surface area contributed by atoms with Crippen molar-refractivity contribution in [3.63, 3.8) is 0 Å². The number of piperazine rings is 1. The number of aryl methyl sites for hydroxylation is 1. The van der Waals surface area contributed by atoms with Gasteiger partial charge in [0, 0.05) is 39.3 Å². The van der Waals surface area contributed by atoms with Crippen LogP contribution in [-0.4, -0.2) is 67.1 Å². The van der Waals surface area contributed by atoms with Crippen molar-refractivity contribution in [2.24, 2.45) is 4.99 Å². The zero-order chi connectivity index (χ0) is 19.2. The fourth-order valence-electron chi connectivity index (χ4n) is 3.51. The molecule has 1 amide bonds. The first-order valence-corrected chi connectivity index (χ1v) is 9.77.